The van der Waals surface area contributed by atoms with Crippen LogP contribution >= 0.6 is 0 Å². The second kappa shape index (κ2) is 8.27. The Kier molecular flexibility index (Phi) is 6.04. The van der Waals surface area contributed by atoms with E-state index in [1.807, 2.05) is 11.0 Å². The van der Waals surface area contributed by atoms with Gasteiger partial charge in [0, 0.05) is 44.6 Å². The number of phenolic OH excluding ortho intramolecular Hbond substituents is 1. The van der Waals surface area contributed by atoms with Gasteiger partial charge in [-0.3, -0.25) is 9.69 Å². The van der Waals surface area contributed by atoms with Crippen molar-refractivity contribution in [1.82, 2.24) is 9.80 Å². The Bertz CT molecular complexity index is 636. The second-order valence-electron chi connectivity index (χ2n) is 7.71. The third kappa shape index (κ3) is 4.30. The highest BCUT2D eigenvalue weighted by Crippen LogP contribution is 2.39. The van der Waals surface area contributed by atoms with Gasteiger partial charge >= 0.3 is 0 Å². The van der Waals surface area contributed by atoms with E-state index in [4.69, 9.17) is 9.84 Å². The summed E-state index contributed by atoms with van der Waals surface area (Å²) in [6, 6.07) is 5.58. The van der Waals surface area contributed by atoms with E-state index in [2.05, 4.69) is 4.90 Å². The van der Waals surface area contributed by atoms with Crippen LogP contribution in [-0.2, 0) is 11.3 Å². The fourth-order valence-electron chi connectivity index (χ4n) is 4.44. The molecule has 0 bridgehead atoms. The van der Waals surface area contributed by atoms with Crippen molar-refractivity contribution in [3.05, 3.63) is 23.8 Å². The average molecular weight is 362 g/mol. The highest BCUT2D eigenvalue weighted by molar-refractivity contribution is 5.77. The number of benzene rings is 1. The number of piperidine rings is 2. The molecule has 0 saturated carbocycles. The minimum absolute atomic E-state index is 0.129. The molecular formula is C20H30N2O4. The number of likely N-dealkylation sites (tertiary alicyclic amines) is 2. The topological polar surface area (TPSA) is 73.2 Å². The van der Waals surface area contributed by atoms with Gasteiger partial charge in [-0.2, -0.15) is 0 Å². The van der Waals surface area contributed by atoms with E-state index in [0.717, 1.165) is 51.0 Å². The zero-order valence-corrected chi connectivity index (χ0v) is 15.6. The van der Waals surface area contributed by atoms with Crippen molar-refractivity contribution in [2.45, 2.75) is 38.6 Å². The van der Waals surface area contributed by atoms with Crippen LogP contribution in [0.25, 0.3) is 0 Å². The monoisotopic (exact) mass is 362 g/mol. The maximum absolute atomic E-state index is 12.2. The van der Waals surface area contributed by atoms with Crippen LogP contribution in [0.5, 0.6) is 11.5 Å². The molecule has 0 aromatic heterocycles. The van der Waals surface area contributed by atoms with Gasteiger partial charge in [-0.15, -0.1) is 0 Å². The number of nitrogens with zero attached hydrogens (tertiary/aromatic N) is 2. The number of ether oxygens (including phenoxy) is 1. The largest absolute Gasteiger partial charge is 0.504 e. The van der Waals surface area contributed by atoms with Crippen molar-refractivity contribution in [2.24, 2.45) is 5.41 Å². The zero-order chi connectivity index (χ0) is 18.6. The summed E-state index contributed by atoms with van der Waals surface area (Å²) in [5.41, 5.74) is 1.24. The van der Waals surface area contributed by atoms with E-state index >= 15 is 0 Å². The molecule has 2 heterocycles. The quantitative estimate of drug-likeness (QED) is 0.810. The first-order chi connectivity index (χ1) is 12.5. The van der Waals surface area contributed by atoms with Gasteiger partial charge < -0.3 is 19.8 Å². The van der Waals surface area contributed by atoms with E-state index in [9.17, 15) is 9.90 Å². The summed E-state index contributed by atoms with van der Waals surface area (Å²) >= 11 is 0. The molecule has 6 nitrogen and oxygen atoms in total. The Balaban J connectivity index is 1.65. The number of amides is 1. The van der Waals surface area contributed by atoms with Gasteiger partial charge in [0.1, 0.15) is 0 Å². The molecule has 2 saturated heterocycles. The lowest BCUT2D eigenvalue weighted by Gasteiger charge is -2.48. The van der Waals surface area contributed by atoms with Gasteiger partial charge in [-0.05, 0) is 49.9 Å². The number of phenols is 1. The molecule has 0 radical (unpaired) electrons. The van der Waals surface area contributed by atoms with Gasteiger partial charge in [0.2, 0.25) is 5.91 Å². The van der Waals surface area contributed by atoms with Crippen molar-refractivity contribution in [2.75, 3.05) is 39.9 Å². The van der Waals surface area contributed by atoms with Gasteiger partial charge in [0.05, 0.1) is 7.11 Å². The van der Waals surface area contributed by atoms with Crippen molar-refractivity contribution in [3.8, 4) is 11.5 Å². The van der Waals surface area contributed by atoms with E-state index in [-0.39, 0.29) is 23.7 Å². The number of methoxy groups -OCH3 is 1. The molecule has 1 atom stereocenters. The Morgan fingerprint density at radius 2 is 2.12 bits per heavy atom. The standard InChI is InChI=1S/C20H30N2O4/c1-26-18-5-4-16(12-17(18)24)13-21-9-2-7-20(14-21)8-6-19(25)22(15-20)10-3-11-23/h4-5,12,23-24H,2-3,6-11,13-15H2,1H3. The molecule has 0 aliphatic carbocycles. The number of hydrogen-bond acceptors (Lipinski definition) is 5. The van der Waals surface area contributed by atoms with Crippen molar-refractivity contribution in [3.63, 3.8) is 0 Å². The van der Waals surface area contributed by atoms with Crippen LogP contribution in [0.15, 0.2) is 18.2 Å². The number of hydrogen-bond donors (Lipinski definition) is 2. The molecule has 2 N–H and O–H groups in total. The SMILES string of the molecule is COc1ccc(CN2CCCC3(CCC(=O)N(CCCO)C3)C2)cc1O. The van der Waals surface area contributed by atoms with Crippen LogP contribution in [0.2, 0.25) is 0 Å². The fraction of sp³-hybridized carbons (Fsp3) is 0.650. The van der Waals surface area contributed by atoms with Crippen LogP contribution in [-0.4, -0.2) is 65.8 Å². The van der Waals surface area contributed by atoms with Gasteiger partial charge in [0.25, 0.3) is 0 Å². The molecule has 2 aliphatic rings. The predicted molar refractivity (Wildman–Crippen MR) is 99.1 cm³/mol. The molecule has 2 aliphatic heterocycles. The lowest BCUT2D eigenvalue weighted by atomic mass is 9.73. The molecule has 26 heavy (non-hydrogen) atoms. The number of carbonyl (C=O) groups excluding carboxylic acids is 1. The fourth-order valence-corrected chi connectivity index (χ4v) is 4.44. The number of aliphatic hydroxyl groups is 1. The molecule has 1 aromatic carbocycles. The van der Waals surface area contributed by atoms with Crippen LogP contribution in [0.3, 0.4) is 0 Å². The van der Waals surface area contributed by atoms with Crippen molar-refractivity contribution < 1.29 is 19.7 Å². The summed E-state index contributed by atoms with van der Waals surface area (Å²) < 4.78 is 5.12. The zero-order valence-electron chi connectivity index (χ0n) is 15.6. The number of rotatable bonds is 6. The maximum Gasteiger partial charge on any atom is 0.222 e. The van der Waals surface area contributed by atoms with Crippen LogP contribution < -0.4 is 4.74 Å². The predicted octanol–water partition coefficient (Wildman–Crippen LogP) is 1.99. The summed E-state index contributed by atoms with van der Waals surface area (Å²) in [5, 5.41) is 19.1. The Labute approximate surface area is 155 Å². The van der Waals surface area contributed by atoms with E-state index < -0.39 is 0 Å². The van der Waals surface area contributed by atoms with Crippen LogP contribution in [0.4, 0.5) is 0 Å². The molecule has 1 unspecified atom stereocenters. The van der Waals surface area contributed by atoms with Crippen molar-refractivity contribution in [1.29, 1.82) is 0 Å². The van der Waals surface area contributed by atoms with E-state index in [1.54, 1.807) is 19.2 Å². The van der Waals surface area contributed by atoms with Crippen LogP contribution in [0.1, 0.15) is 37.7 Å². The summed E-state index contributed by atoms with van der Waals surface area (Å²) in [6.45, 7) is 4.40. The smallest absolute Gasteiger partial charge is 0.222 e. The number of aliphatic hydroxyl groups excluding tert-OH is 1. The summed E-state index contributed by atoms with van der Waals surface area (Å²) in [5.74, 6) is 0.894. The molecule has 144 valence electrons. The first-order valence-electron chi connectivity index (χ1n) is 9.52. The van der Waals surface area contributed by atoms with Gasteiger partial charge in [-0.1, -0.05) is 6.07 Å². The molecule has 1 spiro atoms. The molecular weight excluding hydrogens is 332 g/mol. The first-order valence-corrected chi connectivity index (χ1v) is 9.52. The number of carbonyl (C=O) groups is 1. The summed E-state index contributed by atoms with van der Waals surface area (Å²) in [7, 11) is 1.55. The molecule has 1 amide bonds. The Morgan fingerprint density at radius 1 is 1.27 bits per heavy atom. The van der Waals surface area contributed by atoms with Gasteiger partial charge in [-0.25, -0.2) is 0 Å². The average Bonchev–Trinajstić information content (AvgIpc) is 2.63. The first kappa shape index (κ1) is 19.0. The lowest BCUT2D eigenvalue weighted by Crippen LogP contribution is -2.54. The minimum atomic E-state index is 0.129. The number of aromatic hydroxyl groups is 1. The van der Waals surface area contributed by atoms with Crippen molar-refractivity contribution >= 4 is 5.91 Å². The Morgan fingerprint density at radius 3 is 2.85 bits per heavy atom. The summed E-state index contributed by atoms with van der Waals surface area (Å²) in [4.78, 5) is 16.6. The molecule has 3 rings (SSSR count). The van der Waals surface area contributed by atoms with Crippen LogP contribution in [0, 0.1) is 5.41 Å². The van der Waals surface area contributed by atoms with E-state index in [0.29, 0.717) is 25.1 Å². The molecule has 1 aromatic rings. The minimum Gasteiger partial charge on any atom is -0.504 e. The molecule has 6 heteroatoms. The summed E-state index contributed by atoms with van der Waals surface area (Å²) in [6.07, 6.45) is 4.50. The Hall–Kier alpha value is -1.79. The third-order valence-corrected chi connectivity index (χ3v) is 5.72. The van der Waals surface area contributed by atoms with E-state index in [1.165, 1.54) is 0 Å². The highest BCUT2D eigenvalue weighted by Gasteiger charge is 2.41. The second-order valence-corrected chi connectivity index (χ2v) is 7.71. The third-order valence-electron chi connectivity index (χ3n) is 5.72. The molecule has 2 fully saturated rings. The normalized spacial score (nSPS) is 24.2. The lowest BCUT2D eigenvalue weighted by molar-refractivity contribution is -0.139. The van der Waals surface area contributed by atoms with Gasteiger partial charge in [0.15, 0.2) is 11.5 Å². The maximum atomic E-state index is 12.2. The highest BCUT2D eigenvalue weighted by atomic mass is 16.5.